The van der Waals surface area contributed by atoms with Crippen molar-refractivity contribution in [2.24, 2.45) is 40.6 Å². The Morgan fingerprint density at radius 3 is 2.12 bits per heavy atom. The van der Waals surface area contributed by atoms with E-state index in [1.54, 1.807) is 55.5 Å². The molecule has 4 fully saturated rings. The van der Waals surface area contributed by atoms with Crippen molar-refractivity contribution >= 4 is 47.9 Å². The minimum Gasteiger partial charge on any atom is -0.457 e. The quantitative estimate of drug-likeness (QED) is 0.0574. The molecule has 59 heavy (non-hydrogen) atoms. The Bertz CT molecular complexity index is 1810. The first kappa shape index (κ1) is 46.4. The van der Waals surface area contributed by atoms with Crippen LogP contribution in [0.4, 0.5) is 0 Å². The van der Waals surface area contributed by atoms with Gasteiger partial charge in [-0.05, 0) is 124 Å². The van der Waals surface area contributed by atoms with Crippen LogP contribution in [-0.2, 0) is 28.5 Å². The number of carbonyl (C=O) groups excluding carboxylic acids is 5. The predicted molar refractivity (Wildman–Crippen MR) is 226 cm³/mol. The van der Waals surface area contributed by atoms with Crippen molar-refractivity contribution in [1.29, 1.82) is 0 Å². The molecular weight excluding hydrogens is 775 g/mol. The van der Waals surface area contributed by atoms with Crippen LogP contribution in [0.1, 0.15) is 103 Å². The van der Waals surface area contributed by atoms with Crippen LogP contribution in [0.2, 0.25) is 10.8 Å². The number of ether oxygens (including phenoxy) is 1. The van der Waals surface area contributed by atoms with Crippen LogP contribution in [0.15, 0.2) is 48.5 Å². The zero-order valence-corrected chi connectivity index (χ0v) is 36.0. The molecule has 1 aliphatic heterocycles. The summed E-state index contributed by atoms with van der Waals surface area (Å²) in [5, 5.41) is 16.6. The van der Waals surface area contributed by atoms with Gasteiger partial charge in [-0.3, -0.25) is 24.0 Å². The summed E-state index contributed by atoms with van der Waals surface area (Å²) in [6.45, 7) is 11.8. The van der Waals surface area contributed by atoms with Gasteiger partial charge in [0.2, 0.25) is 11.8 Å². The highest BCUT2D eigenvalue weighted by molar-refractivity contribution is 6.47. The van der Waals surface area contributed by atoms with Crippen LogP contribution in [0, 0.1) is 29.1 Å². The molecule has 0 radical (unpaired) electrons. The number of aliphatic hydroxyl groups excluding tert-OH is 1. The number of aliphatic hydroxyl groups is 1. The summed E-state index contributed by atoms with van der Waals surface area (Å²) in [6.07, 6.45) is 2.00. The monoisotopic (exact) mass is 836 g/mol. The molecule has 3 saturated carbocycles. The summed E-state index contributed by atoms with van der Waals surface area (Å²) >= 11 is 5.93. The Morgan fingerprint density at radius 2 is 1.53 bits per heavy atom. The number of Topliss-reactive ketones (excluding diaryl/α,β-unsaturated/α-hetero) is 3. The minimum absolute atomic E-state index is 0.00886. The van der Waals surface area contributed by atoms with Crippen LogP contribution >= 0.6 is 11.6 Å². The van der Waals surface area contributed by atoms with Gasteiger partial charge in [-0.2, -0.15) is 0 Å². The van der Waals surface area contributed by atoms with Crippen LogP contribution in [0.3, 0.4) is 0 Å². The number of halogens is 1. The van der Waals surface area contributed by atoms with Gasteiger partial charge in [-0.15, -0.1) is 0 Å². The second-order valence-electron chi connectivity index (χ2n) is 17.8. The summed E-state index contributed by atoms with van der Waals surface area (Å²) in [5.74, 6) is -2.33. The molecule has 1 saturated heterocycles. The fraction of sp³-hybridized carbons (Fsp3) is 0.614. The molecule has 3 aliphatic carbocycles. The van der Waals surface area contributed by atoms with Gasteiger partial charge in [0.15, 0.2) is 17.3 Å². The first-order valence-electron chi connectivity index (χ1n) is 21.0. The molecule has 4 aliphatic rings. The number of hydrogen-bond acceptors (Lipinski definition) is 11. The Kier molecular flexibility index (Phi) is 15.6. The van der Waals surface area contributed by atoms with E-state index in [1.807, 2.05) is 6.92 Å². The van der Waals surface area contributed by atoms with Gasteiger partial charge >= 0.3 is 7.12 Å². The number of amides is 2. The number of unbranched alkanes of at least 4 members (excludes halogenated alkanes) is 1. The van der Waals surface area contributed by atoms with Crippen molar-refractivity contribution in [2.75, 3.05) is 13.1 Å². The second-order valence-corrected chi connectivity index (χ2v) is 18.2. The SMILES string of the molecule is C[C@H](CC(=O)[C@H](CCCCN)NC(=O)[C@H](C)CC(=O)[C@@H](NC(=O)[C@H](CN)CC(=O)c1ccc(Oc2ccc(Cl)cc2)cc1)[C@@H](C)O)B1O[C@@H]2C[C@@H]3C[C@@H](C3(C)C)[C@]2(C)O1. The van der Waals surface area contributed by atoms with E-state index in [-0.39, 0.29) is 54.7 Å². The third-order valence-electron chi connectivity index (χ3n) is 13.0. The lowest BCUT2D eigenvalue weighted by molar-refractivity contribution is -0.199. The number of benzene rings is 2. The van der Waals surface area contributed by atoms with Gasteiger partial charge in [0.1, 0.15) is 17.5 Å². The van der Waals surface area contributed by atoms with E-state index in [1.165, 1.54) is 6.92 Å². The van der Waals surface area contributed by atoms with Gasteiger partial charge in [0.05, 0.1) is 29.8 Å². The normalized spacial score (nSPS) is 24.6. The molecule has 0 unspecified atom stereocenters. The smallest absolute Gasteiger partial charge is 0.457 e. The van der Waals surface area contributed by atoms with Gasteiger partial charge in [-0.1, -0.05) is 39.3 Å². The van der Waals surface area contributed by atoms with Crippen molar-refractivity contribution in [3.8, 4) is 11.5 Å². The topological polar surface area (TPSA) is 209 Å². The molecule has 13 nitrogen and oxygen atoms in total. The molecular formula is C44H62BClN4O9. The molecule has 0 aromatic heterocycles. The summed E-state index contributed by atoms with van der Waals surface area (Å²) in [5.41, 5.74) is 11.8. The van der Waals surface area contributed by atoms with E-state index in [2.05, 4.69) is 31.4 Å². The summed E-state index contributed by atoms with van der Waals surface area (Å²) in [6, 6.07) is 11.1. The number of nitrogens with one attached hydrogen (secondary N) is 2. The van der Waals surface area contributed by atoms with Crippen LogP contribution in [0.5, 0.6) is 11.5 Å². The van der Waals surface area contributed by atoms with E-state index in [9.17, 15) is 29.1 Å². The zero-order chi connectivity index (χ0) is 43.2. The number of rotatable bonds is 22. The van der Waals surface area contributed by atoms with E-state index in [0.29, 0.717) is 59.7 Å². The maximum Gasteiger partial charge on any atom is 0.461 e. The summed E-state index contributed by atoms with van der Waals surface area (Å²) in [4.78, 5) is 67.3. The highest BCUT2D eigenvalue weighted by Crippen LogP contribution is 2.66. The highest BCUT2D eigenvalue weighted by Gasteiger charge is 2.68. The third kappa shape index (κ3) is 11.0. The van der Waals surface area contributed by atoms with Gasteiger partial charge in [0, 0.05) is 42.3 Å². The summed E-state index contributed by atoms with van der Waals surface area (Å²) < 4.78 is 18.8. The first-order valence-corrected chi connectivity index (χ1v) is 21.4. The molecule has 7 N–H and O–H groups in total. The second kappa shape index (κ2) is 19.8. The van der Waals surface area contributed by atoms with Crippen LogP contribution in [-0.4, -0.2) is 84.4 Å². The lowest BCUT2D eigenvalue weighted by Crippen LogP contribution is -2.65. The van der Waals surface area contributed by atoms with Crippen molar-refractivity contribution in [2.45, 2.75) is 129 Å². The fourth-order valence-corrected chi connectivity index (χ4v) is 9.18. The standard InChI is InChI=1S/C44H62BClN4O9/c1-25(41(55)49-34(9-7-8-18-47)36(53)20-26(2)45-58-39-23-30-22-38(43(30,4)5)44(39,6)59-45)19-37(54)40(27(3)51)50-42(56)29(24-48)21-35(52)28-10-14-32(15-11-28)57-33-16-12-31(46)13-17-33/h10-17,25-27,29-30,34,38-40,51H,7-9,18-24,47-48H2,1-6H3,(H,49,55)(H,50,56)/t25-,26-,27-,29+,30+,34+,38+,39-,40+,44+/m1/s1. The van der Waals surface area contributed by atoms with E-state index in [0.717, 1.165) is 12.8 Å². The molecule has 15 heteroatoms. The maximum atomic E-state index is 13.8. The molecule has 322 valence electrons. The number of carbonyl (C=O) groups is 5. The largest absolute Gasteiger partial charge is 0.461 e. The Morgan fingerprint density at radius 1 is 0.881 bits per heavy atom. The molecule has 10 atom stereocenters. The van der Waals surface area contributed by atoms with Gasteiger partial charge < -0.3 is 41.3 Å². The van der Waals surface area contributed by atoms with Crippen molar-refractivity contribution in [3.63, 3.8) is 0 Å². The van der Waals surface area contributed by atoms with Crippen LogP contribution < -0.4 is 26.8 Å². The molecule has 6 rings (SSSR count). The van der Waals surface area contributed by atoms with Gasteiger partial charge in [0.25, 0.3) is 0 Å². The van der Waals surface area contributed by atoms with Crippen molar-refractivity contribution in [1.82, 2.24) is 10.6 Å². The lowest BCUT2D eigenvalue weighted by Gasteiger charge is -2.64. The predicted octanol–water partition coefficient (Wildman–Crippen LogP) is 5.43. The Balaban J connectivity index is 1.13. The summed E-state index contributed by atoms with van der Waals surface area (Å²) in [7, 11) is -0.529. The highest BCUT2D eigenvalue weighted by atomic mass is 35.5. The third-order valence-corrected chi connectivity index (χ3v) is 13.3. The zero-order valence-electron chi connectivity index (χ0n) is 35.2. The molecule has 2 aromatic rings. The fourth-order valence-electron chi connectivity index (χ4n) is 9.06. The first-order chi connectivity index (χ1) is 27.9. The lowest BCUT2D eigenvalue weighted by atomic mass is 9.43. The molecule has 0 spiro atoms. The van der Waals surface area contributed by atoms with E-state index in [4.69, 9.17) is 37.1 Å². The van der Waals surface area contributed by atoms with Gasteiger partial charge in [-0.25, -0.2) is 0 Å². The average Bonchev–Trinajstić information content (AvgIpc) is 3.57. The molecule has 2 bridgehead atoms. The van der Waals surface area contributed by atoms with Crippen molar-refractivity contribution < 1.29 is 43.1 Å². The van der Waals surface area contributed by atoms with Crippen LogP contribution in [0.25, 0.3) is 0 Å². The maximum absolute atomic E-state index is 13.8. The average molecular weight is 837 g/mol. The Hall–Kier alpha value is -3.66. The molecule has 2 amide bonds. The van der Waals surface area contributed by atoms with E-state index < -0.39 is 60.3 Å². The minimum atomic E-state index is -1.36. The number of hydrogen-bond donors (Lipinski definition) is 5. The number of ketones is 3. The Labute approximate surface area is 353 Å². The molecule has 2 aromatic carbocycles. The number of nitrogens with two attached hydrogens (primary N) is 2. The molecule has 1 heterocycles. The van der Waals surface area contributed by atoms with Crippen molar-refractivity contribution in [3.05, 3.63) is 59.1 Å². The van der Waals surface area contributed by atoms with E-state index >= 15 is 0 Å².